The Hall–Kier alpha value is -1.78. The van der Waals surface area contributed by atoms with E-state index in [4.69, 9.17) is 0 Å². The van der Waals surface area contributed by atoms with Crippen molar-refractivity contribution in [1.29, 1.82) is 0 Å². The molecule has 0 aromatic carbocycles. The molecule has 5 nitrogen and oxygen atoms in total. The first-order valence-corrected chi connectivity index (χ1v) is 7.94. The van der Waals surface area contributed by atoms with E-state index >= 15 is 0 Å². The highest BCUT2D eigenvalue weighted by atomic mass is 16.4. The number of aliphatic carboxylic acids is 1. The number of hydrogen-bond acceptors (Lipinski definition) is 2. The Labute approximate surface area is 131 Å². The van der Waals surface area contributed by atoms with Crippen molar-refractivity contribution in [2.45, 2.75) is 46.1 Å². The molecule has 0 saturated carbocycles. The zero-order valence-electron chi connectivity index (χ0n) is 13.9. The maximum atomic E-state index is 12.6. The number of hydrogen-bond donors (Lipinski definition) is 1. The van der Waals surface area contributed by atoms with Gasteiger partial charge in [0.15, 0.2) is 0 Å². The molecule has 0 radical (unpaired) electrons. The van der Waals surface area contributed by atoms with E-state index in [9.17, 15) is 14.7 Å². The predicted octanol–water partition coefficient (Wildman–Crippen LogP) is 2.82. The number of likely N-dealkylation sites (tertiary alicyclic amines) is 1. The van der Waals surface area contributed by atoms with Crippen LogP contribution in [0.1, 0.15) is 50.9 Å². The van der Waals surface area contributed by atoms with Gasteiger partial charge in [-0.2, -0.15) is 0 Å². The summed E-state index contributed by atoms with van der Waals surface area (Å²) < 4.78 is 2.01. The average Bonchev–Trinajstić information content (AvgIpc) is 3.04. The van der Waals surface area contributed by atoms with E-state index < -0.39 is 11.9 Å². The van der Waals surface area contributed by atoms with Crippen LogP contribution in [0.5, 0.6) is 0 Å². The summed E-state index contributed by atoms with van der Waals surface area (Å²) in [5.74, 6) is -1.22. The van der Waals surface area contributed by atoms with Crippen LogP contribution < -0.4 is 0 Å². The second kappa shape index (κ2) is 6.15. The number of nitrogens with zero attached hydrogens (tertiary/aromatic N) is 2. The number of carbonyl (C=O) groups is 2. The molecule has 0 bridgehead atoms. The number of amides is 1. The summed E-state index contributed by atoms with van der Waals surface area (Å²) in [5, 5.41) is 9.35. The Kier molecular flexibility index (Phi) is 4.63. The SMILES string of the molecule is CCC[C@@H]1CN(C(=O)c2ccn(C(C)(C)C)c2)C[C@H]1C(=O)O. The molecule has 2 heterocycles. The summed E-state index contributed by atoms with van der Waals surface area (Å²) in [6.07, 6.45) is 5.55. The minimum absolute atomic E-state index is 0.0622. The zero-order chi connectivity index (χ0) is 16.5. The second-order valence-corrected chi connectivity index (χ2v) is 7.18. The van der Waals surface area contributed by atoms with Gasteiger partial charge in [0.25, 0.3) is 5.91 Å². The molecule has 122 valence electrons. The third-order valence-electron chi connectivity index (χ3n) is 4.42. The van der Waals surface area contributed by atoms with Gasteiger partial charge in [-0.05, 0) is 39.2 Å². The van der Waals surface area contributed by atoms with Crippen molar-refractivity contribution in [3.63, 3.8) is 0 Å². The average molecular weight is 306 g/mol. The van der Waals surface area contributed by atoms with Gasteiger partial charge in [0.05, 0.1) is 11.5 Å². The van der Waals surface area contributed by atoms with Crippen molar-refractivity contribution < 1.29 is 14.7 Å². The van der Waals surface area contributed by atoms with E-state index in [2.05, 4.69) is 20.8 Å². The van der Waals surface area contributed by atoms with E-state index in [1.54, 1.807) is 4.90 Å². The topological polar surface area (TPSA) is 62.5 Å². The van der Waals surface area contributed by atoms with Gasteiger partial charge < -0.3 is 14.6 Å². The molecule has 1 aliphatic rings. The molecule has 2 atom stereocenters. The maximum absolute atomic E-state index is 12.6. The molecule has 1 N–H and O–H groups in total. The Morgan fingerprint density at radius 3 is 2.50 bits per heavy atom. The molecule has 1 amide bonds. The van der Waals surface area contributed by atoms with Crippen LogP contribution in [0, 0.1) is 11.8 Å². The van der Waals surface area contributed by atoms with Gasteiger partial charge in [-0.25, -0.2) is 0 Å². The number of aromatic nitrogens is 1. The molecule has 22 heavy (non-hydrogen) atoms. The number of carboxylic acid groups (broad SMARTS) is 1. The highest BCUT2D eigenvalue weighted by Crippen LogP contribution is 2.29. The van der Waals surface area contributed by atoms with Crippen molar-refractivity contribution in [2.75, 3.05) is 13.1 Å². The van der Waals surface area contributed by atoms with E-state index in [-0.39, 0.29) is 17.4 Å². The van der Waals surface area contributed by atoms with Crippen LogP contribution >= 0.6 is 0 Å². The van der Waals surface area contributed by atoms with Crippen LogP contribution in [0.4, 0.5) is 0 Å². The van der Waals surface area contributed by atoms with Crippen molar-refractivity contribution in [3.8, 4) is 0 Å². The molecule has 0 unspecified atom stereocenters. The van der Waals surface area contributed by atoms with Gasteiger partial charge >= 0.3 is 5.97 Å². The van der Waals surface area contributed by atoms with Gasteiger partial charge in [-0.3, -0.25) is 9.59 Å². The molecule has 0 spiro atoms. The van der Waals surface area contributed by atoms with E-state index in [0.29, 0.717) is 18.7 Å². The van der Waals surface area contributed by atoms with Crippen molar-refractivity contribution in [2.24, 2.45) is 11.8 Å². The summed E-state index contributed by atoms with van der Waals surface area (Å²) in [7, 11) is 0. The molecule has 1 aliphatic heterocycles. The van der Waals surface area contributed by atoms with Crippen molar-refractivity contribution >= 4 is 11.9 Å². The molecule has 1 aromatic heterocycles. The van der Waals surface area contributed by atoms with Gasteiger partial charge in [0.2, 0.25) is 0 Å². The zero-order valence-corrected chi connectivity index (χ0v) is 13.9. The fraction of sp³-hybridized carbons (Fsp3) is 0.647. The summed E-state index contributed by atoms with van der Waals surface area (Å²) >= 11 is 0. The first-order chi connectivity index (χ1) is 10.2. The molecular formula is C17H26N2O3. The van der Waals surface area contributed by atoms with E-state index in [0.717, 1.165) is 12.8 Å². The lowest BCUT2D eigenvalue weighted by Crippen LogP contribution is -2.30. The first kappa shape index (κ1) is 16.6. The smallest absolute Gasteiger partial charge is 0.308 e. The van der Waals surface area contributed by atoms with Crippen LogP contribution in [0.2, 0.25) is 0 Å². The van der Waals surface area contributed by atoms with Crippen molar-refractivity contribution in [1.82, 2.24) is 9.47 Å². The third-order valence-corrected chi connectivity index (χ3v) is 4.42. The highest BCUT2D eigenvalue weighted by molar-refractivity contribution is 5.94. The Morgan fingerprint density at radius 1 is 1.32 bits per heavy atom. The van der Waals surface area contributed by atoms with E-state index in [1.807, 2.05) is 30.0 Å². The Morgan fingerprint density at radius 2 is 2.00 bits per heavy atom. The van der Waals surface area contributed by atoms with Crippen LogP contribution in [0.25, 0.3) is 0 Å². The van der Waals surface area contributed by atoms with Crippen LogP contribution in [-0.4, -0.2) is 39.5 Å². The first-order valence-electron chi connectivity index (χ1n) is 7.94. The van der Waals surface area contributed by atoms with Crippen LogP contribution in [0.3, 0.4) is 0 Å². The summed E-state index contributed by atoms with van der Waals surface area (Å²) in [6, 6.07) is 1.82. The highest BCUT2D eigenvalue weighted by Gasteiger charge is 2.39. The van der Waals surface area contributed by atoms with Gasteiger partial charge in [0, 0.05) is 31.0 Å². The Balaban J connectivity index is 2.13. The monoisotopic (exact) mass is 306 g/mol. The van der Waals surface area contributed by atoms with Crippen LogP contribution in [0.15, 0.2) is 18.5 Å². The van der Waals surface area contributed by atoms with Crippen LogP contribution in [-0.2, 0) is 10.3 Å². The lowest BCUT2D eigenvalue weighted by atomic mass is 9.92. The van der Waals surface area contributed by atoms with Crippen molar-refractivity contribution in [3.05, 3.63) is 24.0 Å². The maximum Gasteiger partial charge on any atom is 0.308 e. The molecular weight excluding hydrogens is 280 g/mol. The molecule has 5 heteroatoms. The summed E-state index contributed by atoms with van der Waals surface area (Å²) in [6.45, 7) is 9.15. The second-order valence-electron chi connectivity index (χ2n) is 7.18. The van der Waals surface area contributed by atoms with Gasteiger partial charge in [0.1, 0.15) is 0 Å². The fourth-order valence-corrected chi connectivity index (χ4v) is 3.10. The normalized spacial score (nSPS) is 22.1. The molecule has 2 rings (SSSR count). The third kappa shape index (κ3) is 3.34. The Bertz CT molecular complexity index is 556. The van der Waals surface area contributed by atoms with Gasteiger partial charge in [-0.1, -0.05) is 13.3 Å². The predicted molar refractivity (Wildman–Crippen MR) is 84.9 cm³/mol. The van der Waals surface area contributed by atoms with Gasteiger partial charge in [-0.15, -0.1) is 0 Å². The lowest BCUT2D eigenvalue weighted by molar-refractivity contribution is -0.142. The fourth-order valence-electron chi connectivity index (χ4n) is 3.10. The van der Waals surface area contributed by atoms with E-state index in [1.165, 1.54) is 0 Å². The minimum Gasteiger partial charge on any atom is -0.481 e. The minimum atomic E-state index is -0.791. The molecule has 1 aromatic rings. The number of carboxylic acids is 1. The quantitative estimate of drug-likeness (QED) is 0.930. The standard InChI is InChI=1S/C17H26N2O3/c1-5-6-12-9-18(11-14(12)16(21)22)15(20)13-7-8-19(10-13)17(2,3)4/h7-8,10,12,14H,5-6,9,11H2,1-4H3,(H,21,22)/t12-,14-/m1/s1. The molecule has 1 fully saturated rings. The lowest BCUT2D eigenvalue weighted by Gasteiger charge is -2.21. The number of rotatable bonds is 4. The number of carbonyl (C=O) groups excluding carboxylic acids is 1. The molecule has 0 aliphatic carbocycles. The molecule has 1 saturated heterocycles. The largest absolute Gasteiger partial charge is 0.481 e. The summed E-state index contributed by atoms with van der Waals surface area (Å²) in [5.41, 5.74) is 0.564. The summed E-state index contributed by atoms with van der Waals surface area (Å²) in [4.78, 5) is 25.7.